The summed E-state index contributed by atoms with van der Waals surface area (Å²) in [7, 11) is 0. The van der Waals surface area contributed by atoms with Gasteiger partial charge in [-0.3, -0.25) is 4.79 Å². The lowest BCUT2D eigenvalue weighted by Gasteiger charge is -2.22. The number of amides is 2. The number of carbonyl (C=O) groups excluding carboxylic acids is 3. The van der Waals surface area contributed by atoms with Crippen molar-refractivity contribution in [2.75, 3.05) is 6.54 Å². The fraction of sp³-hybridized carbons (Fsp3) is 0.500. The molecule has 0 aliphatic carbocycles. The number of alkyl carbamates (subject to hydrolysis) is 1. The van der Waals surface area contributed by atoms with Gasteiger partial charge < -0.3 is 20.1 Å². The first-order valence-corrected chi connectivity index (χ1v) is 8.30. The van der Waals surface area contributed by atoms with Crippen molar-refractivity contribution < 1.29 is 23.9 Å². The third kappa shape index (κ3) is 7.24. The lowest BCUT2D eigenvalue weighted by atomic mass is 10.1. The Bertz CT molecular complexity index is 574. The van der Waals surface area contributed by atoms with Crippen molar-refractivity contribution in [1.29, 1.82) is 0 Å². The first-order chi connectivity index (χ1) is 11.8. The molecule has 1 aromatic carbocycles. The maximum Gasteiger partial charge on any atom is 0.408 e. The van der Waals surface area contributed by atoms with Crippen LogP contribution in [0.2, 0.25) is 0 Å². The minimum Gasteiger partial charge on any atom is -0.451 e. The molecule has 0 unspecified atom stereocenters. The molecule has 138 valence electrons. The van der Waals surface area contributed by atoms with E-state index in [1.807, 2.05) is 30.3 Å². The summed E-state index contributed by atoms with van der Waals surface area (Å²) in [6.07, 6.45) is -1.65. The van der Waals surface area contributed by atoms with Crippen LogP contribution in [0, 0.1) is 5.92 Å². The number of nitrogens with one attached hydrogen (secondary N) is 2. The molecule has 25 heavy (non-hydrogen) atoms. The number of rotatable bonds is 8. The largest absolute Gasteiger partial charge is 0.451 e. The standard InChI is InChI=1S/C18H26N2O5/c1-5-19-16(21)13(4)25-17(22)15(12(2)3)20-18(23)24-11-14-9-7-6-8-10-14/h6-10,12-13,15H,5,11H2,1-4H3,(H,19,21)(H,20,23)/t13-,15+/m1/s1. The molecule has 1 aromatic rings. The van der Waals surface area contributed by atoms with Gasteiger partial charge in [-0.1, -0.05) is 44.2 Å². The quantitative estimate of drug-likeness (QED) is 0.700. The van der Waals surface area contributed by atoms with E-state index >= 15 is 0 Å². The van der Waals surface area contributed by atoms with Gasteiger partial charge in [-0.15, -0.1) is 0 Å². The molecule has 0 aliphatic rings. The fourth-order valence-corrected chi connectivity index (χ4v) is 2.01. The molecule has 2 amide bonds. The number of hydrogen-bond donors (Lipinski definition) is 2. The van der Waals surface area contributed by atoms with Crippen LogP contribution in [-0.2, 0) is 25.7 Å². The molecule has 0 bridgehead atoms. The van der Waals surface area contributed by atoms with Crippen LogP contribution < -0.4 is 10.6 Å². The maximum absolute atomic E-state index is 12.2. The zero-order valence-corrected chi connectivity index (χ0v) is 15.1. The fourth-order valence-electron chi connectivity index (χ4n) is 2.01. The highest BCUT2D eigenvalue weighted by Crippen LogP contribution is 2.08. The van der Waals surface area contributed by atoms with Gasteiger partial charge >= 0.3 is 12.1 Å². The van der Waals surface area contributed by atoms with Crippen molar-refractivity contribution >= 4 is 18.0 Å². The zero-order valence-electron chi connectivity index (χ0n) is 15.1. The highest BCUT2D eigenvalue weighted by Gasteiger charge is 2.29. The summed E-state index contributed by atoms with van der Waals surface area (Å²) in [5, 5.41) is 5.07. The normalized spacial score (nSPS) is 12.8. The average Bonchev–Trinajstić information content (AvgIpc) is 2.58. The van der Waals surface area contributed by atoms with E-state index in [9.17, 15) is 14.4 Å². The SMILES string of the molecule is CCNC(=O)[C@@H](C)OC(=O)[C@@H](NC(=O)OCc1ccccc1)C(C)C. The van der Waals surface area contributed by atoms with Crippen LogP contribution in [0.25, 0.3) is 0 Å². The van der Waals surface area contributed by atoms with Crippen LogP contribution >= 0.6 is 0 Å². The second-order valence-corrected chi connectivity index (χ2v) is 5.90. The number of esters is 1. The van der Waals surface area contributed by atoms with E-state index in [1.54, 1.807) is 20.8 Å². The summed E-state index contributed by atoms with van der Waals surface area (Å²) < 4.78 is 10.2. The van der Waals surface area contributed by atoms with Crippen LogP contribution in [0.15, 0.2) is 30.3 Å². The Balaban J connectivity index is 2.56. The first kappa shape index (κ1) is 20.5. The smallest absolute Gasteiger partial charge is 0.408 e. The van der Waals surface area contributed by atoms with Gasteiger partial charge in [-0.2, -0.15) is 0 Å². The Morgan fingerprint density at radius 2 is 1.72 bits per heavy atom. The summed E-state index contributed by atoms with van der Waals surface area (Å²) in [5.41, 5.74) is 0.839. The molecule has 0 aliphatic heterocycles. The predicted octanol–water partition coefficient (Wildman–Crippen LogP) is 2.01. The topological polar surface area (TPSA) is 93.7 Å². The van der Waals surface area contributed by atoms with Crippen LogP contribution in [0.4, 0.5) is 4.79 Å². The molecule has 0 radical (unpaired) electrons. The number of ether oxygens (including phenoxy) is 2. The van der Waals surface area contributed by atoms with Crippen molar-refractivity contribution in [3.8, 4) is 0 Å². The zero-order chi connectivity index (χ0) is 18.8. The predicted molar refractivity (Wildman–Crippen MR) is 92.6 cm³/mol. The van der Waals surface area contributed by atoms with Gasteiger partial charge in [0.15, 0.2) is 6.10 Å². The molecule has 0 saturated carbocycles. The molecular weight excluding hydrogens is 324 g/mol. The minimum atomic E-state index is -0.934. The number of hydrogen-bond acceptors (Lipinski definition) is 5. The Morgan fingerprint density at radius 1 is 1.08 bits per heavy atom. The van der Waals surface area contributed by atoms with E-state index in [0.717, 1.165) is 5.56 Å². The van der Waals surface area contributed by atoms with E-state index in [4.69, 9.17) is 9.47 Å². The Labute approximate surface area is 148 Å². The molecule has 2 atom stereocenters. The molecule has 2 N–H and O–H groups in total. The van der Waals surface area contributed by atoms with Crippen molar-refractivity contribution in [1.82, 2.24) is 10.6 Å². The van der Waals surface area contributed by atoms with E-state index in [-0.39, 0.29) is 18.4 Å². The third-order valence-corrected chi connectivity index (χ3v) is 3.42. The first-order valence-electron chi connectivity index (χ1n) is 8.30. The van der Waals surface area contributed by atoms with E-state index < -0.39 is 24.2 Å². The second-order valence-electron chi connectivity index (χ2n) is 5.90. The molecule has 0 aromatic heterocycles. The monoisotopic (exact) mass is 350 g/mol. The van der Waals surface area contributed by atoms with E-state index in [2.05, 4.69) is 10.6 Å². The lowest BCUT2D eigenvalue weighted by Crippen LogP contribution is -2.47. The van der Waals surface area contributed by atoms with E-state index in [1.165, 1.54) is 6.92 Å². The van der Waals surface area contributed by atoms with Crippen LogP contribution in [0.3, 0.4) is 0 Å². The summed E-state index contributed by atoms with van der Waals surface area (Å²) >= 11 is 0. The van der Waals surface area contributed by atoms with Gasteiger partial charge in [0, 0.05) is 6.54 Å². The van der Waals surface area contributed by atoms with Crippen LogP contribution in [-0.4, -0.2) is 36.7 Å². The van der Waals surface area contributed by atoms with Crippen LogP contribution in [0.1, 0.15) is 33.3 Å². The molecule has 0 heterocycles. The maximum atomic E-state index is 12.2. The highest BCUT2D eigenvalue weighted by atomic mass is 16.6. The Kier molecular flexibility index (Phi) is 8.46. The number of carbonyl (C=O) groups is 3. The lowest BCUT2D eigenvalue weighted by molar-refractivity contribution is -0.157. The second kappa shape index (κ2) is 10.3. The number of likely N-dealkylation sites (N-methyl/N-ethyl adjacent to an activating group) is 1. The Hall–Kier alpha value is -2.57. The van der Waals surface area contributed by atoms with E-state index in [0.29, 0.717) is 6.54 Å². The van der Waals surface area contributed by atoms with Gasteiger partial charge in [0.25, 0.3) is 5.91 Å². The third-order valence-electron chi connectivity index (χ3n) is 3.42. The highest BCUT2D eigenvalue weighted by molar-refractivity contribution is 5.86. The summed E-state index contributed by atoms with van der Waals surface area (Å²) in [6.45, 7) is 7.32. The van der Waals surface area contributed by atoms with Gasteiger partial charge in [-0.05, 0) is 25.3 Å². The summed E-state index contributed by atoms with van der Waals surface area (Å²) in [6, 6.07) is 8.30. The molecule has 7 heteroatoms. The van der Waals surface area contributed by atoms with Crippen molar-refractivity contribution in [2.24, 2.45) is 5.92 Å². The van der Waals surface area contributed by atoms with Gasteiger partial charge in [0.2, 0.25) is 0 Å². The van der Waals surface area contributed by atoms with Gasteiger partial charge in [-0.25, -0.2) is 9.59 Å². The van der Waals surface area contributed by atoms with Crippen molar-refractivity contribution in [3.05, 3.63) is 35.9 Å². The molecule has 0 saturated heterocycles. The molecular formula is C18H26N2O5. The van der Waals surface area contributed by atoms with Gasteiger partial charge in [0.05, 0.1) is 0 Å². The van der Waals surface area contributed by atoms with Crippen molar-refractivity contribution in [2.45, 2.75) is 46.4 Å². The number of benzene rings is 1. The van der Waals surface area contributed by atoms with Crippen LogP contribution in [0.5, 0.6) is 0 Å². The molecule has 0 spiro atoms. The summed E-state index contributed by atoms with van der Waals surface area (Å²) in [5.74, 6) is -1.28. The minimum absolute atomic E-state index is 0.0991. The molecule has 7 nitrogen and oxygen atoms in total. The molecule has 0 fully saturated rings. The molecule has 1 rings (SSSR count). The van der Waals surface area contributed by atoms with Crippen molar-refractivity contribution in [3.63, 3.8) is 0 Å². The summed E-state index contributed by atoms with van der Waals surface area (Å²) in [4.78, 5) is 35.8. The average molecular weight is 350 g/mol. The Morgan fingerprint density at radius 3 is 2.28 bits per heavy atom. The van der Waals surface area contributed by atoms with Gasteiger partial charge in [0.1, 0.15) is 12.6 Å².